The highest BCUT2D eigenvalue weighted by Crippen LogP contribution is 2.28. The molecule has 0 spiro atoms. The van der Waals surface area contributed by atoms with Crippen molar-refractivity contribution in [3.05, 3.63) is 28.7 Å². The molecule has 7 heteroatoms. The number of allylic oxidation sites excluding steroid dienone is 1. The minimum atomic E-state index is -1.15. The van der Waals surface area contributed by atoms with Crippen LogP contribution in [0.2, 0.25) is 0 Å². The molecule has 0 amide bonds. The summed E-state index contributed by atoms with van der Waals surface area (Å²) in [5.41, 5.74) is 1.28. The number of fused-ring (bicyclic) bond motifs is 1. The summed E-state index contributed by atoms with van der Waals surface area (Å²) in [7, 11) is 3.65. The maximum Gasteiger partial charge on any atom is 0.356 e. The first-order valence-corrected chi connectivity index (χ1v) is 6.31. The molecule has 1 aromatic rings. The number of carboxylic acids is 1. The van der Waals surface area contributed by atoms with E-state index in [0.29, 0.717) is 24.0 Å². The van der Waals surface area contributed by atoms with Crippen molar-refractivity contribution < 1.29 is 19.8 Å². The minimum absolute atomic E-state index is 0.0919. The quantitative estimate of drug-likeness (QED) is 0.762. The van der Waals surface area contributed by atoms with E-state index in [4.69, 9.17) is 10.2 Å². The zero-order valence-corrected chi connectivity index (χ0v) is 11.5. The van der Waals surface area contributed by atoms with Crippen molar-refractivity contribution in [3.8, 4) is 0 Å². The van der Waals surface area contributed by atoms with Crippen molar-refractivity contribution in [3.63, 3.8) is 0 Å². The van der Waals surface area contributed by atoms with Crippen molar-refractivity contribution >= 4 is 11.8 Å². The second kappa shape index (κ2) is 5.46. The number of aliphatic hydroxyl groups excluding tert-OH is 1. The Bertz CT molecular complexity index is 587. The topological polar surface area (TPSA) is 95.7 Å². The summed E-state index contributed by atoms with van der Waals surface area (Å²) in [5.74, 6) is -1.36. The first kappa shape index (κ1) is 14.3. The van der Waals surface area contributed by atoms with Gasteiger partial charge in [0.15, 0.2) is 5.69 Å². The normalized spacial score (nSPS) is 16.4. The molecule has 0 saturated heterocycles. The van der Waals surface area contributed by atoms with Crippen LogP contribution in [-0.4, -0.2) is 57.3 Å². The number of rotatable bonds is 4. The summed E-state index contributed by atoms with van der Waals surface area (Å²) >= 11 is 0. The van der Waals surface area contributed by atoms with E-state index in [-0.39, 0.29) is 30.3 Å². The molecule has 0 atom stereocenters. The van der Waals surface area contributed by atoms with Gasteiger partial charge in [0.05, 0.1) is 13.2 Å². The lowest BCUT2D eigenvalue weighted by Gasteiger charge is -2.17. The molecule has 1 aromatic heterocycles. The van der Waals surface area contributed by atoms with Crippen LogP contribution < -0.4 is 0 Å². The lowest BCUT2D eigenvalue weighted by molar-refractivity contribution is 0.0687. The van der Waals surface area contributed by atoms with Gasteiger partial charge in [0.1, 0.15) is 5.69 Å². The molecule has 1 aliphatic rings. The lowest BCUT2D eigenvalue weighted by Crippen LogP contribution is -2.21. The van der Waals surface area contributed by atoms with E-state index in [1.807, 2.05) is 14.1 Å². The van der Waals surface area contributed by atoms with Crippen molar-refractivity contribution in [2.45, 2.75) is 19.4 Å². The fraction of sp³-hybridized carbons (Fsp3) is 0.462. The smallest absolute Gasteiger partial charge is 0.356 e. The van der Waals surface area contributed by atoms with Gasteiger partial charge in [-0.1, -0.05) is 0 Å². The number of carbonyl (C=O) groups is 2. The highest BCUT2D eigenvalue weighted by molar-refractivity contribution is 6.11. The second-order valence-electron chi connectivity index (χ2n) is 4.87. The molecule has 7 nitrogen and oxygen atoms in total. The fourth-order valence-corrected chi connectivity index (χ4v) is 2.38. The van der Waals surface area contributed by atoms with Crippen molar-refractivity contribution in [1.82, 2.24) is 14.7 Å². The first-order chi connectivity index (χ1) is 9.45. The summed E-state index contributed by atoms with van der Waals surface area (Å²) in [4.78, 5) is 25.4. The summed E-state index contributed by atoms with van der Waals surface area (Å²) in [6.07, 6.45) is 2.70. The number of carbonyl (C=O) groups excluding carboxylic acids is 1. The van der Waals surface area contributed by atoms with Crippen LogP contribution in [0.5, 0.6) is 0 Å². The van der Waals surface area contributed by atoms with E-state index in [1.165, 1.54) is 4.68 Å². The van der Waals surface area contributed by atoms with Crippen LogP contribution in [0.3, 0.4) is 0 Å². The summed E-state index contributed by atoms with van der Waals surface area (Å²) < 4.78 is 1.30. The second-order valence-corrected chi connectivity index (χ2v) is 4.87. The number of hydrogen-bond donors (Lipinski definition) is 2. The maximum absolute atomic E-state index is 12.5. The van der Waals surface area contributed by atoms with Crippen LogP contribution in [0.4, 0.5) is 0 Å². The minimum Gasteiger partial charge on any atom is -0.476 e. The van der Waals surface area contributed by atoms with E-state index < -0.39 is 5.97 Å². The number of aliphatic hydroxyl groups is 1. The number of nitrogens with zero attached hydrogens (tertiary/aromatic N) is 3. The van der Waals surface area contributed by atoms with Gasteiger partial charge in [-0.05, 0) is 12.8 Å². The Kier molecular flexibility index (Phi) is 3.89. The molecule has 0 radical (unpaired) electrons. The predicted octanol–water partition coefficient (Wildman–Crippen LogP) is 0.148. The lowest BCUT2D eigenvalue weighted by atomic mass is 9.90. The molecular weight excluding hydrogens is 262 g/mol. The van der Waals surface area contributed by atoms with Crippen LogP contribution in [-0.2, 0) is 13.0 Å². The molecule has 0 aromatic carbocycles. The van der Waals surface area contributed by atoms with Gasteiger partial charge < -0.3 is 15.1 Å². The Morgan fingerprint density at radius 2 is 2.15 bits per heavy atom. The van der Waals surface area contributed by atoms with Crippen LogP contribution in [0.15, 0.2) is 11.8 Å². The molecule has 0 fully saturated rings. The fourth-order valence-electron chi connectivity index (χ4n) is 2.38. The molecule has 108 valence electrons. The van der Waals surface area contributed by atoms with Gasteiger partial charge in [0.25, 0.3) is 0 Å². The van der Waals surface area contributed by atoms with E-state index in [1.54, 1.807) is 11.1 Å². The molecule has 0 unspecified atom stereocenters. The summed E-state index contributed by atoms with van der Waals surface area (Å²) in [5, 5.41) is 22.1. The number of Topliss-reactive ketones (excluding diaryl/α,β-unsaturated/α-hetero) is 1. The van der Waals surface area contributed by atoms with Crippen molar-refractivity contribution in [2.75, 3.05) is 20.7 Å². The molecule has 0 aliphatic heterocycles. The van der Waals surface area contributed by atoms with E-state index in [9.17, 15) is 9.59 Å². The highest BCUT2D eigenvalue weighted by Gasteiger charge is 2.32. The van der Waals surface area contributed by atoms with Gasteiger partial charge in [-0.3, -0.25) is 9.48 Å². The molecule has 1 heterocycles. The van der Waals surface area contributed by atoms with Gasteiger partial charge in [0, 0.05) is 31.4 Å². The average Bonchev–Trinajstić information content (AvgIpc) is 2.72. The van der Waals surface area contributed by atoms with E-state index in [0.717, 1.165) is 0 Å². The molecular formula is C13H17N3O4. The van der Waals surface area contributed by atoms with Crippen LogP contribution >= 0.6 is 0 Å². The third-order valence-corrected chi connectivity index (χ3v) is 3.13. The van der Waals surface area contributed by atoms with E-state index >= 15 is 0 Å². The Balaban J connectivity index is 2.53. The molecule has 0 bridgehead atoms. The van der Waals surface area contributed by atoms with Gasteiger partial charge in [-0.2, -0.15) is 5.10 Å². The molecule has 1 aliphatic carbocycles. The zero-order chi connectivity index (χ0) is 14.9. The SMILES string of the molecule is CN(C)C=C1CCc2c(C(=O)O)nn(CCO)c2C1=O. The number of carboxylic acid groups (broad SMARTS) is 1. The standard InChI is InChI=1S/C13H17N3O4/c1-15(2)7-8-3-4-9-10(13(19)20)14-16(5-6-17)11(9)12(8)18/h7,17H,3-6H2,1-2H3,(H,19,20). The van der Waals surface area contributed by atoms with Gasteiger partial charge in [0.2, 0.25) is 5.78 Å². The molecule has 0 saturated carbocycles. The number of ketones is 1. The van der Waals surface area contributed by atoms with Crippen LogP contribution in [0.25, 0.3) is 0 Å². The summed E-state index contributed by atoms with van der Waals surface area (Å²) in [6.45, 7) is -0.0935. The Labute approximate surface area is 116 Å². The Morgan fingerprint density at radius 1 is 1.45 bits per heavy atom. The molecule has 20 heavy (non-hydrogen) atoms. The monoisotopic (exact) mass is 279 g/mol. The van der Waals surface area contributed by atoms with Crippen LogP contribution in [0.1, 0.15) is 33.0 Å². The van der Waals surface area contributed by atoms with Gasteiger partial charge >= 0.3 is 5.97 Å². The van der Waals surface area contributed by atoms with Gasteiger partial charge in [-0.15, -0.1) is 0 Å². The number of aromatic carboxylic acids is 1. The van der Waals surface area contributed by atoms with Crippen molar-refractivity contribution in [2.24, 2.45) is 0 Å². The zero-order valence-electron chi connectivity index (χ0n) is 11.5. The van der Waals surface area contributed by atoms with Crippen molar-refractivity contribution in [1.29, 1.82) is 0 Å². The first-order valence-electron chi connectivity index (χ1n) is 6.31. The van der Waals surface area contributed by atoms with Crippen LogP contribution in [0, 0.1) is 0 Å². The largest absolute Gasteiger partial charge is 0.476 e. The summed E-state index contributed by atoms with van der Waals surface area (Å²) in [6, 6.07) is 0. The highest BCUT2D eigenvalue weighted by atomic mass is 16.4. The molecule has 2 N–H and O–H groups in total. The van der Waals surface area contributed by atoms with E-state index in [2.05, 4.69) is 5.10 Å². The Hall–Kier alpha value is -2.15. The molecule has 2 rings (SSSR count). The average molecular weight is 279 g/mol. The third-order valence-electron chi connectivity index (χ3n) is 3.13. The van der Waals surface area contributed by atoms with Gasteiger partial charge in [-0.25, -0.2) is 4.79 Å². The Morgan fingerprint density at radius 3 is 2.70 bits per heavy atom. The number of hydrogen-bond acceptors (Lipinski definition) is 5. The number of aromatic nitrogens is 2. The third kappa shape index (κ3) is 2.44. The predicted molar refractivity (Wildman–Crippen MR) is 70.7 cm³/mol. The maximum atomic E-state index is 12.5.